The lowest BCUT2D eigenvalue weighted by molar-refractivity contribution is -0.142. The standard InChI is InChI=1S/C17H25NO2/c1-5-14(2)15(3)11-18(13-17(19)20-4)12-16-9-7-6-8-10-16/h5-10,14-15H,1,11-13H2,2-4H3/t14-,15+/m0/s1. The van der Waals surface area contributed by atoms with Crippen LogP contribution in [0.4, 0.5) is 0 Å². The number of allylic oxidation sites excluding steroid dienone is 1. The van der Waals surface area contributed by atoms with E-state index in [1.54, 1.807) is 0 Å². The minimum absolute atomic E-state index is 0.195. The molecule has 0 saturated carbocycles. The van der Waals surface area contributed by atoms with E-state index in [0.29, 0.717) is 18.4 Å². The Balaban J connectivity index is 2.69. The van der Waals surface area contributed by atoms with Gasteiger partial charge in [0.25, 0.3) is 0 Å². The Morgan fingerprint density at radius 2 is 2.00 bits per heavy atom. The van der Waals surface area contributed by atoms with Crippen molar-refractivity contribution in [3.8, 4) is 0 Å². The van der Waals surface area contributed by atoms with Crippen molar-refractivity contribution in [2.45, 2.75) is 20.4 Å². The fourth-order valence-electron chi connectivity index (χ4n) is 2.08. The lowest BCUT2D eigenvalue weighted by atomic mass is 9.95. The smallest absolute Gasteiger partial charge is 0.319 e. The number of hydrogen-bond acceptors (Lipinski definition) is 3. The van der Waals surface area contributed by atoms with Crippen molar-refractivity contribution in [3.05, 3.63) is 48.6 Å². The highest BCUT2D eigenvalue weighted by atomic mass is 16.5. The number of benzene rings is 1. The molecule has 20 heavy (non-hydrogen) atoms. The highest BCUT2D eigenvalue weighted by Crippen LogP contribution is 2.15. The largest absolute Gasteiger partial charge is 0.468 e. The number of esters is 1. The van der Waals surface area contributed by atoms with Crippen molar-refractivity contribution in [1.29, 1.82) is 0 Å². The van der Waals surface area contributed by atoms with Gasteiger partial charge < -0.3 is 4.74 Å². The SMILES string of the molecule is C=C[C@H](C)[C@H](C)CN(CC(=O)OC)Cc1ccccc1. The highest BCUT2D eigenvalue weighted by molar-refractivity contribution is 5.71. The normalized spacial score (nSPS) is 13.8. The van der Waals surface area contributed by atoms with Crippen molar-refractivity contribution < 1.29 is 9.53 Å². The lowest BCUT2D eigenvalue weighted by Gasteiger charge is -2.26. The van der Waals surface area contributed by atoms with E-state index >= 15 is 0 Å². The molecule has 3 nitrogen and oxygen atoms in total. The molecule has 0 N–H and O–H groups in total. The van der Waals surface area contributed by atoms with E-state index in [-0.39, 0.29) is 5.97 Å². The van der Waals surface area contributed by atoms with Crippen LogP contribution in [0.25, 0.3) is 0 Å². The first-order chi connectivity index (χ1) is 9.56. The van der Waals surface area contributed by atoms with Crippen LogP contribution in [0, 0.1) is 11.8 Å². The van der Waals surface area contributed by atoms with Crippen LogP contribution in [-0.2, 0) is 16.1 Å². The van der Waals surface area contributed by atoms with Crippen LogP contribution in [-0.4, -0.2) is 31.1 Å². The monoisotopic (exact) mass is 275 g/mol. The molecule has 3 heteroatoms. The summed E-state index contributed by atoms with van der Waals surface area (Å²) in [6.07, 6.45) is 1.96. The van der Waals surface area contributed by atoms with Gasteiger partial charge in [0.15, 0.2) is 0 Å². The molecule has 0 amide bonds. The zero-order valence-corrected chi connectivity index (χ0v) is 12.7. The fourth-order valence-corrected chi connectivity index (χ4v) is 2.08. The third kappa shape index (κ3) is 5.57. The molecule has 110 valence electrons. The van der Waals surface area contributed by atoms with Gasteiger partial charge in [-0.1, -0.05) is 50.3 Å². The van der Waals surface area contributed by atoms with Crippen molar-refractivity contribution in [1.82, 2.24) is 4.90 Å². The Hall–Kier alpha value is -1.61. The number of carbonyl (C=O) groups excluding carboxylic acids is 1. The van der Waals surface area contributed by atoms with Gasteiger partial charge in [0.2, 0.25) is 0 Å². The highest BCUT2D eigenvalue weighted by Gasteiger charge is 2.17. The van der Waals surface area contributed by atoms with Crippen molar-refractivity contribution >= 4 is 5.97 Å². The Kier molecular flexibility index (Phi) is 7.02. The van der Waals surface area contributed by atoms with Crippen molar-refractivity contribution in [2.75, 3.05) is 20.2 Å². The van der Waals surface area contributed by atoms with Gasteiger partial charge in [-0.25, -0.2) is 0 Å². The number of methoxy groups -OCH3 is 1. The summed E-state index contributed by atoms with van der Waals surface area (Å²) in [4.78, 5) is 13.7. The molecule has 0 bridgehead atoms. The molecule has 0 radical (unpaired) electrons. The Bertz CT molecular complexity index is 416. The summed E-state index contributed by atoms with van der Waals surface area (Å²) >= 11 is 0. The van der Waals surface area contributed by atoms with Crippen LogP contribution < -0.4 is 0 Å². The molecular formula is C17H25NO2. The van der Waals surface area contributed by atoms with E-state index in [2.05, 4.69) is 37.5 Å². The van der Waals surface area contributed by atoms with E-state index in [9.17, 15) is 4.79 Å². The third-order valence-corrected chi connectivity index (χ3v) is 3.64. The summed E-state index contributed by atoms with van der Waals surface area (Å²) < 4.78 is 4.79. The molecule has 1 aromatic carbocycles. The molecule has 0 unspecified atom stereocenters. The van der Waals surface area contributed by atoms with Crippen LogP contribution in [0.5, 0.6) is 0 Å². The Morgan fingerprint density at radius 1 is 1.35 bits per heavy atom. The minimum atomic E-state index is -0.195. The maximum absolute atomic E-state index is 11.5. The van der Waals surface area contributed by atoms with E-state index < -0.39 is 0 Å². The maximum atomic E-state index is 11.5. The first-order valence-electron chi connectivity index (χ1n) is 7.02. The van der Waals surface area contributed by atoms with Crippen LogP contribution in [0.3, 0.4) is 0 Å². The summed E-state index contributed by atoms with van der Waals surface area (Å²) in [5.74, 6) is 0.672. The van der Waals surface area contributed by atoms with Gasteiger partial charge in [-0.2, -0.15) is 0 Å². The van der Waals surface area contributed by atoms with Gasteiger partial charge in [0.05, 0.1) is 13.7 Å². The maximum Gasteiger partial charge on any atom is 0.319 e. The molecule has 0 saturated heterocycles. The number of rotatable bonds is 8. The van der Waals surface area contributed by atoms with E-state index in [0.717, 1.165) is 13.1 Å². The van der Waals surface area contributed by atoms with Crippen molar-refractivity contribution in [2.24, 2.45) is 11.8 Å². The molecule has 0 aromatic heterocycles. The first-order valence-corrected chi connectivity index (χ1v) is 7.02. The van der Waals surface area contributed by atoms with E-state index in [1.807, 2.05) is 24.3 Å². The molecule has 1 aromatic rings. The number of ether oxygens (including phenoxy) is 1. The third-order valence-electron chi connectivity index (χ3n) is 3.64. The molecule has 0 spiro atoms. The summed E-state index contributed by atoms with van der Waals surface area (Å²) in [6, 6.07) is 10.2. The molecule has 0 aliphatic carbocycles. The molecular weight excluding hydrogens is 250 g/mol. The van der Waals surface area contributed by atoms with Gasteiger partial charge in [0.1, 0.15) is 0 Å². The van der Waals surface area contributed by atoms with E-state index in [1.165, 1.54) is 12.7 Å². The molecule has 0 heterocycles. The Morgan fingerprint density at radius 3 is 2.55 bits per heavy atom. The summed E-state index contributed by atoms with van der Waals surface area (Å²) in [5.41, 5.74) is 1.20. The Labute approximate surface area is 122 Å². The molecule has 0 fully saturated rings. The number of hydrogen-bond donors (Lipinski definition) is 0. The zero-order chi connectivity index (χ0) is 15.0. The summed E-state index contributed by atoms with van der Waals surface area (Å²) in [5, 5.41) is 0. The second-order valence-electron chi connectivity index (χ2n) is 5.30. The minimum Gasteiger partial charge on any atom is -0.468 e. The number of carbonyl (C=O) groups is 1. The summed E-state index contributed by atoms with van der Waals surface area (Å²) in [7, 11) is 1.43. The van der Waals surface area contributed by atoms with Gasteiger partial charge in [0, 0.05) is 13.1 Å². The van der Waals surface area contributed by atoms with Crippen LogP contribution in [0.1, 0.15) is 19.4 Å². The number of nitrogens with zero attached hydrogens (tertiary/aromatic N) is 1. The first kappa shape index (κ1) is 16.4. The quantitative estimate of drug-likeness (QED) is 0.539. The molecule has 0 aliphatic rings. The zero-order valence-electron chi connectivity index (χ0n) is 12.7. The second-order valence-corrected chi connectivity index (χ2v) is 5.30. The average Bonchev–Trinajstić information content (AvgIpc) is 2.47. The predicted octanol–water partition coefficient (Wildman–Crippen LogP) is 3.12. The van der Waals surface area contributed by atoms with Crippen LogP contribution in [0.2, 0.25) is 0 Å². The summed E-state index contributed by atoms with van der Waals surface area (Å²) in [6.45, 7) is 10.1. The molecule has 1 rings (SSSR count). The van der Waals surface area contributed by atoms with Crippen LogP contribution in [0.15, 0.2) is 43.0 Å². The van der Waals surface area contributed by atoms with Gasteiger partial charge in [-0.15, -0.1) is 6.58 Å². The van der Waals surface area contributed by atoms with Crippen LogP contribution >= 0.6 is 0 Å². The van der Waals surface area contributed by atoms with E-state index in [4.69, 9.17) is 4.74 Å². The van der Waals surface area contributed by atoms with Crippen molar-refractivity contribution in [3.63, 3.8) is 0 Å². The van der Waals surface area contributed by atoms with Gasteiger partial charge in [-0.3, -0.25) is 9.69 Å². The van der Waals surface area contributed by atoms with Gasteiger partial charge in [-0.05, 0) is 17.4 Å². The second kappa shape index (κ2) is 8.54. The predicted molar refractivity (Wildman–Crippen MR) is 82.3 cm³/mol. The molecule has 2 atom stereocenters. The fraction of sp³-hybridized carbons (Fsp3) is 0.471. The lowest BCUT2D eigenvalue weighted by Crippen LogP contribution is -2.35. The topological polar surface area (TPSA) is 29.5 Å². The molecule has 0 aliphatic heterocycles. The van der Waals surface area contributed by atoms with Gasteiger partial charge >= 0.3 is 5.97 Å². The average molecular weight is 275 g/mol.